The fourth-order valence-corrected chi connectivity index (χ4v) is 4.84. The molecule has 0 amide bonds. The highest BCUT2D eigenvalue weighted by atomic mass is 32.2. The zero-order chi connectivity index (χ0) is 16.8. The van der Waals surface area contributed by atoms with E-state index in [1.165, 1.54) is 10.4 Å². The number of hydrogen-bond donors (Lipinski definition) is 1. The van der Waals surface area contributed by atoms with Crippen LogP contribution in [0.3, 0.4) is 0 Å². The summed E-state index contributed by atoms with van der Waals surface area (Å²) in [5.74, 6) is -2.72. The Morgan fingerprint density at radius 3 is 2.70 bits per heavy atom. The van der Waals surface area contributed by atoms with Gasteiger partial charge in [-0.05, 0) is 38.3 Å². The van der Waals surface area contributed by atoms with Crippen LogP contribution in [-0.4, -0.2) is 48.6 Å². The van der Waals surface area contributed by atoms with Crippen LogP contribution in [0.5, 0.6) is 0 Å². The second kappa shape index (κ2) is 5.54. The predicted octanol–water partition coefficient (Wildman–Crippen LogP) is 1.86. The molecule has 1 saturated carbocycles. The summed E-state index contributed by atoms with van der Waals surface area (Å²) in [5.41, 5.74) is -1.12. The van der Waals surface area contributed by atoms with Gasteiger partial charge in [-0.2, -0.15) is 4.31 Å². The van der Waals surface area contributed by atoms with Crippen molar-refractivity contribution in [3.05, 3.63) is 29.6 Å². The summed E-state index contributed by atoms with van der Waals surface area (Å²) in [6, 6.07) is 2.96. The molecule has 1 spiro atoms. The summed E-state index contributed by atoms with van der Waals surface area (Å²) in [4.78, 5) is 10.4. The van der Waals surface area contributed by atoms with Crippen molar-refractivity contribution in [2.45, 2.75) is 42.7 Å². The van der Waals surface area contributed by atoms with Crippen molar-refractivity contribution in [3.63, 3.8) is 0 Å². The number of aromatic carboxylic acids is 1. The Labute approximate surface area is 133 Å². The second-order valence-corrected chi connectivity index (χ2v) is 8.03. The minimum atomic E-state index is -4.13. The molecule has 1 heterocycles. The van der Waals surface area contributed by atoms with Gasteiger partial charge in [0, 0.05) is 12.6 Å². The summed E-state index contributed by atoms with van der Waals surface area (Å²) in [5, 5.41) is 8.98. The van der Waals surface area contributed by atoms with Gasteiger partial charge < -0.3 is 9.84 Å². The molecule has 1 aliphatic heterocycles. The van der Waals surface area contributed by atoms with Crippen molar-refractivity contribution in [1.29, 1.82) is 0 Å². The van der Waals surface area contributed by atoms with Gasteiger partial charge in [0.15, 0.2) is 5.82 Å². The van der Waals surface area contributed by atoms with Crippen molar-refractivity contribution >= 4 is 16.0 Å². The summed E-state index contributed by atoms with van der Waals surface area (Å²) in [6.07, 6.45) is 2.54. The minimum absolute atomic E-state index is 0.174. The number of benzene rings is 1. The Morgan fingerprint density at radius 2 is 2.13 bits per heavy atom. The third-order valence-corrected chi connectivity index (χ3v) is 6.59. The minimum Gasteiger partial charge on any atom is -0.478 e. The van der Waals surface area contributed by atoms with Gasteiger partial charge in [-0.1, -0.05) is 6.07 Å². The Bertz CT molecular complexity index is 744. The summed E-state index contributed by atoms with van der Waals surface area (Å²) < 4.78 is 47.1. The first-order valence-electron chi connectivity index (χ1n) is 7.44. The molecule has 1 aromatic rings. The van der Waals surface area contributed by atoms with E-state index in [0.717, 1.165) is 31.4 Å². The Kier molecular flexibility index (Phi) is 3.94. The normalized spacial score (nSPS) is 24.3. The van der Waals surface area contributed by atoms with E-state index in [-0.39, 0.29) is 13.2 Å². The van der Waals surface area contributed by atoms with Gasteiger partial charge in [0.05, 0.1) is 17.8 Å². The van der Waals surface area contributed by atoms with Crippen LogP contribution < -0.4 is 0 Å². The van der Waals surface area contributed by atoms with E-state index in [1.807, 2.05) is 0 Å². The van der Waals surface area contributed by atoms with Crippen molar-refractivity contribution in [3.8, 4) is 0 Å². The third kappa shape index (κ3) is 2.64. The lowest BCUT2D eigenvalue weighted by molar-refractivity contribution is -0.150. The largest absolute Gasteiger partial charge is 0.478 e. The van der Waals surface area contributed by atoms with Crippen LogP contribution in [0, 0.1) is 5.82 Å². The van der Waals surface area contributed by atoms with E-state index in [4.69, 9.17) is 9.84 Å². The maximum atomic E-state index is 14.4. The lowest BCUT2D eigenvalue weighted by Gasteiger charge is -2.50. The van der Waals surface area contributed by atoms with Crippen molar-refractivity contribution in [2.24, 2.45) is 0 Å². The SMILES string of the molecule is CC1COC2(CCC2)CN1S(=O)(=O)c1cccc(C(=O)O)c1F. The van der Waals surface area contributed by atoms with Crippen LogP contribution in [0.25, 0.3) is 0 Å². The topological polar surface area (TPSA) is 83.9 Å². The molecule has 1 aromatic carbocycles. The lowest BCUT2D eigenvalue weighted by atomic mass is 9.79. The zero-order valence-electron chi connectivity index (χ0n) is 12.7. The van der Waals surface area contributed by atoms with Gasteiger partial charge in [0.2, 0.25) is 10.0 Å². The molecule has 0 radical (unpaired) electrons. The molecule has 126 valence electrons. The molecular weight excluding hydrogens is 325 g/mol. The molecule has 0 aromatic heterocycles. The summed E-state index contributed by atoms with van der Waals surface area (Å²) >= 11 is 0. The number of ether oxygens (including phenoxy) is 1. The highest BCUT2D eigenvalue weighted by Crippen LogP contribution is 2.41. The van der Waals surface area contributed by atoms with Gasteiger partial charge in [-0.15, -0.1) is 0 Å². The van der Waals surface area contributed by atoms with Crippen LogP contribution >= 0.6 is 0 Å². The molecule has 1 atom stereocenters. The Morgan fingerprint density at radius 1 is 1.43 bits per heavy atom. The molecule has 8 heteroatoms. The number of rotatable bonds is 3. The molecule has 1 N–H and O–H groups in total. The average Bonchev–Trinajstić information content (AvgIpc) is 2.45. The predicted molar refractivity (Wildman–Crippen MR) is 79.2 cm³/mol. The van der Waals surface area contributed by atoms with Gasteiger partial charge in [0.1, 0.15) is 4.90 Å². The smallest absolute Gasteiger partial charge is 0.338 e. The number of carboxylic acids is 1. The number of morpholine rings is 1. The van der Waals surface area contributed by atoms with Gasteiger partial charge in [-0.3, -0.25) is 0 Å². The lowest BCUT2D eigenvalue weighted by Crippen LogP contribution is -2.60. The molecule has 0 bridgehead atoms. The van der Waals surface area contributed by atoms with E-state index in [1.54, 1.807) is 6.92 Å². The van der Waals surface area contributed by atoms with Crippen molar-refractivity contribution in [2.75, 3.05) is 13.2 Å². The molecule has 23 heavy (non-hydrogen) atoms. The molecule has 6 nitrogen and oxygen atoms in total. The van der Waals surface area contributed by atoms with E-state index in [2.05, 4.69) is 0 Å². The van der Waals surface area contributed by atoms with Crippen LogP contribution in [0.4, 0.5) is 4.39 Å². The first kappa shape index (κ1) is 16.4. The second-order valence-electron chi connectivity index (χ2n) is 6.17. The number of sulfonamides is 1. The van der Waals surface area contributed by atoms with E-state index >= 15 is 0 Å². The first-order chi connectivity index (χ1) is 10.8. The van der Waals surface area contributed by atoms with Crippen LogP contribution in [-0.2, 0) is 14.8 Å². The molecular formula is C15H18FNO5S. The first-order valence-corrected chi connectivity index (χ1v) is 8.88. The quantitative estimate of drug-likeness (QED) is 0.905. The van der Waals surface area contributed by atoms with E-state index in [0.29, 0.717) is 0 Å². The highest BCUT2D eigenvalue weighted by molar-refractivity contribution is 7.89. The molecule has 2 fully saturated rings. The number of carboxylic acid groups (broad SMARTS) is 1. The van der Waals surface area contributed by atoms with Crippen molar-refractivity contribution in [1.82, 2.24) is 4.31 Å². The van der Waals surface area contributed by atoms with Gasteiger partial charge >= 0.3 is 5.97 Å². The standard InChI is InChI=1S/C15H18FNO5S/c1-10-8-22-15(6-3-7-15)9-17(10)23(20,21)12-5-2-4-11(13(12)16)14(18)19/h2,4-5,10H,3,6-9H2,1H3,(H,18,19). The number of carbonyl (C=O) groups is 1. The van der Waals surface area contributed by atoms with Gasteiger partial charge in [-0.25, -0.2) is 17.6 Å². The fourth-order valence-electron chi connectivity index (χ4n) is 3.06. The van der Waals surface area contributed by atoms with Crippen LogP contribution in [0.1, 0.15) is 36.5 Å². The Hall–Kier alpha value is -1.51. The highest BCUT2D eigenvalue weighted by Gasteiger charge is 2.48. The monoisotopic (exact) mass is 343 g/mol. The maximum absolute atomic E-state index is 14.4. The summed E-state index contributed by atoms with van der Waals surface area (Å²) in [7, 11) is -4.13. The zero-order valence-corrected chi connectivity index (χ0v) is 13.5. The fraction of sp³-hybridized carbons (Fsp3) is 0.533. The number of nitrogens with zero attached hydrogens (tertiary/aromatic N) is 1. The molecule has 2 aliphatic rings. The van der Waals surface area contributed by atoms with E-state index < -0.39 is 43.9 Å². The molecule has 1 unspecified atom stereocenters. The maximum Gasteiger partial charge on any atom is 0.338 e. The molecule has 1 aliphatic carbocycles. The third-order valence-electron chi connectivity index (χ3n) is 4.61. The number of hydrogen-bond acceptors (Lipinski definition) is 4. The van der Waals surface area contributed by atoms with Crippen molar-refractivity contribution < 1.29 is 27.4 Å². The van der Waals surface area contributed by atoms with Crippen LogP contribution in [0.2, 0.25) is 0 Å². The van der Waals surface area contributed by atoms with Gasteiger partial charge in [0.25, 0.3) is 0 Å². The average molecular weight is 343 g/mol. The number of halogens is 1. The van der Waals surface area contributed by atoms with E-state index in [9.17, 15) is 17.6 Å². The molecule has 3 rings (SSSR count). The molecule has 1 saturated heterocycles. The Balaban J connectivity index is 2.01. The van der Waals surface area contributed by atoms with Crippen LogP contribution in [0.15, 0.2) is 23.1 Å². The summed E-state index contributed by atoms with van der Waals surface area (Å²) in [6.45, 7) is 2.12.